The summed E-state index contributed by atoms with van der Waals surface area (Å²) in [5.74, 6) is 0. The maximum atomic E-state index is 12.6. The van der Waals surface area contributed by atoms with Gasteiger partial charge in [-0.2, -0.15) is 0 Å². The normalized spacial score (nSPS) is 17.3. The number of hydrogen-bond acceptors (Lipinski definition) is 3. The van der Waals surface area contributed by atoms with Crippen LogP contribution in [-0.2, 0) is 5.06 Å². The molecule has 0 amide bonds. The first-order valence-corrected chi connectivity index (χ1v) is 13.9. The molecule has 3 atom stereocenters. The molecular weight excluding hydrogens is 460 g/mol. The molecule has 1 aliphatic rings. The number of pyridine rings is 1. The van der Waals surface area contributed by atoms with Crippen LogP contribution in [0.25, 0.3) is 21.7 Å². The maximum Gasteiger partial charge on any atom is 0.256 e. The number of aromatic nitrogens is 1. The molecule has 2 heterocycles. The molecule has 1 saturated heterocycles. The lowest BCUT2D eigenvalue weighted by Crippen LogP contribution is -2.33. The Balaban J connectivity index is 1.49. The largest absolute Gasteiger partial charge is 0.321 e. The molecule has 0 spiro atoms. The average molecular weight is 497 g/mol. The molecule has 4 aromatic rings. The predicted octanol–water partition coefficient (Wildman–Crippen LogP) is 4.92. The first-order valence-electron chi connectivity index (χ1n) is 13.3. The number of fused-ring (bicyclic) bond motifs is 3. The Morgan fingerprint density at radius 2 is 1.72 bits per heavy atom. The van der Waals surface area contributed by atoms with Crippen LogP contribution in [0, 0.1) is 0 Å². The fraction of sp³-hybridized carbons (Fsp3) is 0.367. The molecular formula is C30H37BN3OP. The van der Waals surface area contributed by atoms with E-state index in [0.717, 1.165) is 41.2 Å². The van der Waals surface area contributed by atoms with Crippen LogP contribution < -0.4 is 10.9 Å². The van der Waals surface area contributed by atoms with Crippen molar-refractivity contribution in [1.29, 1.82) is 0 Å². The quantitative estimate of drug-likeness (QED) is 0.157. The Morgan fingerprint density at radius 1 is 0.972 bits per heavy atom. The van der Waals surface area contributed by atoms with E-state index in [2.05, 4.69) is 87.7 Å². The molecule has 1 aliphatic heterocycles. The van der Waals surface area contributed by atoms with Crippen LogP contribution in [0.4, 0.5) is 0 Å². The summed E-state index contributed by atoms with van der Waals surface area (Å²) in [6, 6.07) is 23.4. The van der Waals surface area contributed by atoms with Gasteiger partial charge < -0.3 is 15.2 Å². The molecule has 186 valence electrons. The van der Waals surface area contributed by atoms with Gasteiger partial charge in [-0.3, -0.25) is 4.79 Å². The molecule has 2 N–H and O–H groups in total. The second-order valence-electron chi connectivity index (χ2n) is 10.8. The van der Waals surface area contributed by atoms with E-state index < -0.39 is 0 Å². The minimum Gasteiger partial charge on any atom is -0.321 e. The van der Waals surface area contributed by atoms with Gasteiger partial charge in [-0.25, -0.2) is 0 Å². The number of piperidine rings is 1. The van der Waals surface area contributed by atoms with Gasteiger partial charge in [0, 0.05) is 16.3 Å². The number of rotatable bonds is 8. The molecule has 3 unspecified atom stereocenters. The summed E-state index contributed by atoms with van der Waals surface area (Å²) in [6.45, 7) is 6.83. The highest BCUT2D eigenvalue weighted by molar-refractivity contribution is 7.21. The van der Waals surface area contributed by atoms with Crippen LogP contribution in [0.1, 0.15) is 55.3 Å². The number of benzene rings is 3. The summed E-state index contributed by atoms with van der Waals surface area (Å²) in [5.41, 5.74) is 4.64. The molecule has 6 heteroatoms. The number of aromatic amines is 1. The SMILES string of the molecule is BC(C)(P)c1cccc(C(NCCCN2CCCCC2)c2ccc3[nH]c(=O)c4ccccc4c3c2)c1. The highest BCUT2D eigenvalue weighted by Crippen LogP contribution is 2.32. The van der Waals surface area contributed by atoms with Gasteiger partial charge in [0.1, 0.15) is 7.85 Å². The van der Waals surface area contributed by atoms with Crippen molar-refractivity contribution in [2.45, 2.75) is 43.7 Å². The first-order chi connectivity index (χ1) is 17.4. The third-order valence-electron chi connectivity index (χ3n) is 7.50. The van der Waals surface area contributed by atoms with Crippen molar-refractivity contribution in [3.63, 3.8) is 0 Å². The summed E-state index contributed by atoms with van der Waals surface area (Å²) >= 11 is 0. The van der Waals surface area contributed by atoms with Crippen LogP contribution >= 0.6 is 9.24 Å². The Labute approximate surface area is 217 Å². The van der Waals surface area contributed by atoms with Crippen LogP contribution in [0.2, 0.25) is 0 Å². The number of hydrogen-bond donors (Lipinski definition) is 2. The van der Waals surface area contributed by atoms with Gasteiger partial charge in [0.15, 0.2) is 0 Å². The van der Waals surface area contributed by atoms with Crippen molar-refractivity contribution >= 4 is 38.8 Å². The Bertz CT molecular complexity index is 1400. The van der Waals surface area contributed by atoms with Gasteiger partial charge in [0.25, 0.3) is 5.56 Å². The van der Waals surface area contributed by atoms with Crippen molar-refractivity contribution in [2.24, 2.45) is 0 Å². The molecule has 1 aromatic heterocycles. The number of likely N-dealkylation sites (tertiary alicyclic amines) is 1. The standard InChI is InChI=1S/C30H37BN3OP/c1-30(31,36)23-10-7-9-21(19-23)28(32-15-8-18-34-16-5-2-6-17-34)22-13-14-27-26(20-22)24-11-3-4-12-25(24)29(35)33-27/h3-4,7,9-14,19-20,28,32H,2,5-6,8,15-18,31,36H2,1H3,(H,33,35). The van der Waals surface area contributed by atoms with Gasteiger partial charge in [-0.1, -0.05) is 61.9 Å². The van der Waals surface area contributed by atoms with Gasteiger partial charge in [0.2, 0.25) is 0 Å². The van der Waals surface area contributed by atoms with E-state index in [-0.39, 0.29) is 16.7 Å². The zero-order valence-corrected chi connectivity index (χ0v) is 22.7. The maximum absolute atomic E-state index is 12.6. The summed E-state index contributed by atoms with van der Waals surface area (Å²) < 4.78 is 0. The summed E-state index contributed by atoms with van der Waals surface area (Å²) in [4.78, 5) is 18.3. The highest BCUT2D eigenvalue weighted by atomic mass is 31.0. The smallest absolute Gasteiger partial charge is 0.256 e. The summed E-state index contributed by atoms with van der Waals surface area (Å²) in [5, 5.41) is 6.72. The summed E-state index contributed by atoms with van der Waals surface area (Å²) in [6.07, 6.45) is 5.18. The monoisotopic (exact) mass is 497 g/mol. The van der Waals surface area contributed by atoms with Gasteiger partial charge in [0.05, 0.1) is 6.04 Å². The highest BCUT2D eigenvalue weighted by Gasteiger charge is 2.20. The van der Waals surface area contributed by atoms with E-state index in [1.165, 1.54) is 49.0 Å². The lowest BCUT2D eigenvalue weighted by atomic mass is 9.80. The minimum absolute atomic E-state index is 0.00783. The van der Waals surface area contributed by atoms with Crippen LogP contribution in [-0.4, -0.2) is 43.9 Å². The fourth-order valence-electron chi connectivity index (χ4n) is 5.46. The topological polar surface area (TPSA) is 48.1 Å². The zero-order valence-electron chi connectivity index (χ0n) is 21.5. The lowest BCUT2D eigenvalue weighted by Gasteiger charge is -2.27. The average Bonchev–Trinajstić information content (AvgIpc) is 2.89. The second-order valence-corrected chi connectivity index (χ2v) is 12.2. The third kappa shape index (κ3) is 5.59. The van der Waals surface area contributed by atoms with E-state index in [1.807, 2.05) is 18.2 Å². The lowest BCUT2D eigenvalue weighted by molar-refractivity contribution is 0.225. The molecule has 1 fully saturated rings. The van der Waals surface area contributed by atoms with Crippen molar-refractivity contribution in [3.05, 3.63) is 93.8 Å². The number of H-pyrrole nitrogens is 1. The van der Waals surface area contributed by atoms with Crippen molar-refractivity contribution in [2.75, 3.05) is 26.2 Å². The molecule has 4 nitrogen and oxygen atoms in total. The van der Waals surface area contributed by atoms with Crippen LogP contribution in [0.5, 0.6) is 0 Å². The fourth-order valence-corrected chi connectivity index (χ4v) is 5.64. The number of nitrogens with zero attached hydrogens (tertiary/aromatic N) is 1. The first kappa shape index (κ1) is 25.2. The van der Waals surface area contributed by atoms with Crippen LogP contribution in [0.3, 0.4) is 0 Å². The van der Waals surface area contributed by atoms with E-state index in [4.69, 9.17) is 0 Å². The van der Waals surface area contributed by atoms with Crippen molar-refractivity contribution < 1.29 is 0 Å². The predicted molar refractivity (Wildman–Crippen MR) is 159 cm³/mol. The minimum atomic E-state index is -0.0337. The third-order valence-corrected chi connectivity index (χ3v) is 7.83. The Kier molecular flexibility index (Phi) is 7.62. The van der Waals surface area contributed by atoms with Crippen LogP contribution in [0.15, 0.2) is 71.5 Å². The molecule has 0 saturated carbocycles. The molecule has 0 radical (unpaired) electrons. The zero-order chi connectivity index (χ0) is 25.1. The van der Waals surface area contributed by atoms with Crippen molar-refractivity contribution in [1.82, 2.24) is 15.2 Å². The Hall–Kier alpha value is -2.46. The van der Waals surface area contributed by atoms with Gasteiger partial charge >= 0.3 is 0 Å². The van der Waals surface area contributed by atoms with Gasteiger partial charge in [-0.05, 0) is 90.8 Å². The molecule has 0 bridgehead atoms. The van der Waals surface area contributed by atoms with Crippen molar-refractivity contribution in [3.8, 4) is 0 Å². The van der Waals surface area contributed by atoms with E-state index in [9.17, 15) is 4.79 Å². The molecule has 3 aromatic carbocycles. The summed E-state index contributed by atoms with van der Waals surface area (Å²) in [7, 11) is 5.20. The molecule has 5 rings (SSSR count). The second kappa shape index (κ2) is 10.9. The number of nitrogens with one attached hydrogen (secondary N) is 2. The Morgan fingerprint density at radius 3 is 2.50 bits per heavy atom. The van der Waals surface area contributed by atoms with E-state index >= 15 is 0 Å². The molecule has 0 aliphatic carbocycles. The van der Waals surface area contributed by atoms with E-state index in [1.54, 1.807) is 0 Å². The molecule has 36 heavy (non-hydrogen) atoms. The van der Waals surface area contributed by atoms with Gasteiger partial charge in [-0.15, -0.1) is 9.24 Å². The van der Waals surface area contributed by atoms with E-state index in [0.29, 0.717) is 0 Å².